The second kappa shape index (κ2) is 8.72. The highest BCUT2D eigenvalue weighted by molar-refractivity contribution is 7.07. The van der Waals surface area contributed by atoms with Crippen molar-refractivity contribution < 1.29 is 4.74 Å². The van der Waals surface area contributed by atoms with Crippen LogP contribution in [-0.4, -0.2) is 25.3 Å². The van der Waals surface area contributed by atoms with E-state index in [9.17, 15) is 0 Å². The Bertz CT molecular complexity index is 319. The van der Waals surface area contributed by atoms with Crippen LogP contribution in [0.15, 0.2) is 16.8 Å². The van der Waals surface area contributed by atoms with Crippen LogP contribution in [0.4, 0.5) is 0 Å². The molecule has 2 rings (SSSR count). The van der Waals surface area contributed by atoms with E-state index < -0.39 is 0 Å². The van der Waals surface area contributed by atoms with Crippen LogP contribution in [0.2, 0.25) is 0 Å². The van der Waals surface area contributed by atoms with E-state index in [0.717, 1.165) is 13.2 Å². The van der Waals surface area contributed by atoms with Gasteiger partial charge in [0, 0.05) is 12.6 Å². The molecule has 2 atom stereocenters. The van der Waals surface area contributed by atoms with Gasteiger partial charge in [-0.15, -0.1) is 0 Å². The molecule has 0 aliphatic carbocycles. The quantitative estimate of drug-likeness (QED) is 0.777. The van der Waals surface area contributed by atoms with E-state index in [0.29, 0.717) is 12.1 Å². The van der Waals surface area contributed by atoms with Crippen molar-refractivity contribution in [2.45, 2.75) is 64.0 Å². The summed E-state index contributed by atoms with van der Waals surface area (Å²) >= 11 is 1.80. The molecule has 1 N–H and O–H groups in total. The summed E-state index contributed by atoms with van der Waals surface area (Å²) in [4.78, 5) is 0. The molecule has 2 nitrogen and oxygen atoms in total. The van der Waals surface area contributed by atoms with Crippen molar-refractivity contribution in [2.75, 3.05) is 13.2 Å². The fraction of sp³-hybridized carbons (Fsp3) is 0.750. The second-order valence-corrected chi connectivity index (χ2v) is 6.33. The van der Waals surface area contributed by atoms with Gasteiger partial charge in [-0.3, -0.25) is 0 Å². The Morgan fingerprint density at radius 3 is 3.11 bits per heavy atom. The predicted octanol–water partition coefficient (Wildman–Crippen LogP) is 4.01. The highest BCUT2D eigenvalue weighted by atomic mass is 32.1. The molecule has 0 amide bonds. The summed E-state index contributed by atoms with van der Waals surface area (Å²) in [6.45, 7) is 4.33. The fourth-order valence-electron chi connectivity index (χ4n) is 2.74. The van der Waals surface area contributed by atoms with E-state index in [2.05, 4.69) is 29.1 Å². The molecule has 0 bridgehead atoms. The molecule has 1 fully saturated rings. The van der Waals surface area contributed by atoms with E-state index >= 15 is 0 Å². The first-order valence-corrected chi connectivity index (χ1v) is 8.69. The highest BCUT2D eigenvalue weighted by Gasteiger charge is 2.19. The summed E-state index contributed by atoms with van der Waals surface area (Å²) in [5.41, 5.74) is 1.48. The average Bonchev–Trinajstić information content (AvgIpc) is 2.96. The van der Waals surface area contributed by atoms with Gasteiger partial charge in [-0.25, -0.2) is 0 Å². The molecule has 1 aliphatic rings. The van der Waals surface area contributed by atoms with Gasteiger partial charge in [0.15, 0.2) is 0 Å². The molecule has 19 heavy (non-hydrogen) atoms. The zero-order valence-electron chi connectivity index (χ0n) is 12.1. The fourth-order valence-corrected chi connectivity index (χ4v) is 3.44. The maximum absolute atomic E-state index is 5.89. The van der Waals surface area contributed by atoms with Crippen molar-refractivity contribution in [1.29, 1.82) is 0 Å². The summed E-state index contributed by atoms with van der Waals surface area (Å²) < 4.78 is 5.89. The monoisotopic (exact) mass is 281 g/mol. The smallest absolute Gasteiger partial charge is 0.0590 e. The zero-order valence-corrected chi connectivity index (χ0v) is 12.9. The molecule has 108 valence electrons. The van der Waals surface area contributed by atoms with Crippen LogP contribution in [0.5, 0.6) is 0 Å². The molecule has 1 aromatic heterocycles. The maximum atomic E-state index is 5.89. The van der Waals surface area contributed by atoms with Gasteiger partial charge in [0.2, 0.25) is 0 Å². The van der Waals surface area contributed by atoms with Gasteiger partial charge in [0.05, 0.1) is 6.10 Å². The second-order valence-electron chi connectivity index (χ2n) is 5.55. The number of nitrogens with one attached hydrogen (secondary N) is 1. The minimum atomic E-state index is 0.491. The lowest BCUT2D eigenvalue weighted by atomic mass is 9.97. The SMILES string of the molecule is CCCNC(CCc1ccsc1)CC1CCCCO1. The Kier molecular flexibility index (Phi) is 6.90. The number of ether oxygens (including phenoxy) is 1. The molecular formula is C16H27NOS. The first kappa shape index (κ1) is 15.0. The van der Waals surface area contributed by atoms with E-state index in [1.807, 2.05) is 0 Å². The van der Waals surface area contributed by atoms with Gasteiger partial charge in [-0.1, -0.05) is 6.92 Å². The standard InChI is InChI=1S/C16H27NOS/c1-2-9-17-15(7-6-14-8-11-19-13-14)12-16-5-3-4-10-18-16/h8,11,13,15-17H,2-7,9-10,12H2,1H3. The minimum absolute atomic E-state index is 0.491. The van der Waals surface area contributed by atoms with Gasteiger partial charge in [0.25, 0.3) is 0 Å². The molecule has 1 aliphatic heterocycles. The number of hydrogen-bond acceptors (Lipinski definition) is 3. The topological polar surface area (TPSA) is 21.3 Å². The van der Waals surface area contributed by atoms with E-state index in [1.165, 1.54) is 50.5 Å². The molecule has 1 aromatic rings. The highest BCUT2D eigenvalue weighted by Crippen LogP contribution is 2.19. The first-order valence-electron chi connectivity index (χ1n) is 7.74. The third-order valence-electron chi connectivity index (χ3n) is 3.87. The maximum Gasteiger partial charge on any atom is 0.0590 e. The van der Waals surface area contributed by atoms with Crippen LogP contribution in [-0.2, 0) is 11.2 Å². The number of thiophene rings is 1. The van der Waals surface area contributed by atoms with Crippen LogP contribution in [0.3, 0.4) is 0 Å². The molecule has 2 unspecified atom stereocenters. The van der Waals surface area contributed by atoms with E-state index in [1.54, 1.807) is 11.3 Å². The van der Waals surface area contributed by atoms with Gasteiger partial charge < -0.3 is 10.1 Å². The molecule has 0 spiro atoms. The molecular weight excluding hydrogens is 254 g/mol. The third kappa shape index (κ3) is 5.64. The van der Waals surface area contributed by atoms with Crippen LogP contribution >= 0.6 is 11.3 Å². The van der Waals surface area contributed by atoms with Crippen molar-refractivity contribution in [2.24, 2.45) is 0 Å². The van der Waals surface area contributed by atoms with Gasteiger partial charge in [-0.2, -0.15) is 11.3 Å². The number of rotatable bonds is 8. The van der Waals surface area contributed by atoms with Gasteiger partial charge in [-0.05, 0) is 73.9 Å². The Morgan fingerprint density at radius 1 is 1.47 bits per heavy atom. The Morgan fingerprint density at radius 2 is 2.42 bits per heavy atom. The van der Waals surface area contributed by atoms with Gasteiger partial charge in [0.1, 0.15) is 0 Å². The summed E-state index contributed by atoms with van der Waals surface area (Å²) in [7, 11) is 0. The largest absolute Gasteiger partial charge is 0.378 e. The van der Waals surface area contributed by atoms with Crippen LogP contribution in [0.25, 0.3) is 0 Å². The van der Waals surface area contributed by atoms with E-state index in [4.69, 9.17) is 4.74 Å². The summed E-state index contributed by atoms with van der Waals surface area (Å²) in [6.07, 6.45) is 9.15. The number of aryl methyl sites for hydroxylation is 1. The van der Waals surface area contributed by atoms with Crippen LogP contribution in [0.1, 0.15) is 51.0 Å². The molecule has 0 aromatic carbocycles. The first-order chi connectivity index (χ1) is 9.38. The van der Waals surface area contributed by atoms with Gasteiger partial charge >= 0.3 is 0 Å². The molecule has 1 saturated heterocycles. The van der Waals surface area contributed by atoms with Crippen molar-refractivity contribution in [3.8, 4) is 0 Å². The summed E-state index contributed by atoms with van der Waals surface area (Å²) in [6, 6.07) is 2.86. The summed E-state index contributed by atoms with van der Waals surface area (Å²) in [5, 5.41) is 8.15. The number of hydrogen-bond donors (Lipinski definition) is 1. The molecule has 0 radical (unpaired) electrons. The van der Waals surface area contributed by atoms with Crippen molar-refractivity contribution in [3.63, 3.8) is 0 Å². The lowest BCUT2D eigenvalue weighted by Crippen LogP contribution is -2.35. The summed E-state index contributed by atoms with van der Waals surface area (Å²) in [5.74, 6) is 0. The zero-order chi connectivity index (χ0) is 13.3. The van der Waals surface area contributed by atoms with Crippen molar-refractivity contribution in [3.05, 3.63) is 22.4 Å². The predicted molar refractivity (Wildman–Crippen MR) is 82.9 cm³/mol. The Labute approximate surface area is 121 Å². The molecule has 2 heterocycles. The minimum Gasteiger partial charge on any atom is -0.378 e. The molecule has 0 saturated carbocycles. The van der Waals surface area contributed by atoms with E-state index in [-0.39, 0.29) is 0 Å². The Balaban J connectivity index is 1.76. The molecule has 3 heteroatoms. The lowest BCUT2D eigenvalue weighted by Gasteiger charge is -2.27. The Hall–Kier alpha value is -0.380. The van der Waals surface area contributed by atoms with Crippen LogP contribution < -0.4 is 5.32 Å². The van der Waals surface area contributed by atoms with Crippen molar-refractivity contribution >= 4 is 11.3 Å². The normalized spacial score (nSPS) is 21.4. The van der Waals surface area contributed by atoms with Crippen LogP contribution in [0, 0.1) is 0 Å². The average molecular weight is 281 g/mol. The van der Waals surface area contributed by atoms with Crippen molar-refractivity contribution in [1.82, 2.24) is 5.32 Å². The third-order valence-corrected chi connectivity index (χ3v) is 4.60. The lowest BCUT2D eigenvalue weighted by molar-refractivity contribution is 0.00475.